The summed E-state index contributed by atoms with van der Waals surface area (Å²) in [6.07, 6.45) is 3.73. The van der Waals surface area contributed by atoms with Gasteiger partial charge in [-0.15, -0.1) is 0 Å². The van der Waals surface area contributed by atoms with Gasteiger partial charge in [0, 0.05) is 11.7 Å². The van der Waals surface area contributed by atoms with E-state index in [1.807, 2.05) is 19.9 Å². The van der Waals surface area contributed by atoms with Gasteiger partial charge < -0.3 is 11.1 Å². The predicted octanol–water partition coefficient (Wildman–Crippen LogP) is 3.57. The number of aromatic nitrogens is 1. The SMILES string of the molecule is Cc1cc(C)c(C(N)=S)c(NC2CCC(C)CC2C)n1. The molecule has 2 rings (SSSR count). The number of hydrogen-bond donors (Lipinski definition) is 2. The Morgan fingerprint density at radius 2 is 2.05 bits per heavy atom. The van der Waals surface area contributed by atoms with Crippen LogP contribution in [0, 0.1) is 25.7 Å². The maximum absolute atomic E-state index is 5.88. The van der Waals surface area contributed by atoms with Crippen LogP contribution in [0.3, 0.4) is 0 Å². The van der Waals surface area contributed by atoms with Crippen molar-refractivity contribution in [3.63, 3.8) is 0 Å². The maximum Gasteiger partial charge on any atom is 0.137 e. The van der Waals surface area contributed by atoms with Crippen LogP contribution in [0.25, 0.3) is 0 Å². The third-order valence-corrected chi connectivity index (χ3v) is 4.55. The molecule has 0 spiro atoms. The van der Waals surface area contributed by atoms with Crippen LogP contribution < -0.4 is 11.1 Å². The zero-order chi connectivity index (χ0) is 14.9. The second-order valence-electron chi connectivity index (χ2n) is 6.31. The molecule has 0 bridgehead atoms. The van der Waals surface area contributed by atoms with Gasteiger partial charge in [-0.1, -0.05) is 26.1 Å². The molecule has 1 fully saturated rings. The van der Waals surface area contributed by atoms with Crippen molar-refractivity contribution in [2.24, 2.45) is 17.6 Å². The van der Waals surface area contributed by atoms with Gasteiger partial charge in [-0.05, 0) is 56.6 Å². The highest BCUT2D eigenvalue weighted by Gasteiger charge is 2.26. The molecule has 3 atom stereocenters. The molecule has 1 aliphatic rings. The molecule has 1 aromatic rings. The lowest BCUT2D eigenvalue weighted by molar-refractivity contribution is 0.276. The molecule has 3 nitrogen and oxygen atoms in total. The van der Waals surface area contributed by atoms with Crippen molar-refractivity contribution < 1.29 is 0 Å². The average Bonchev–Trinajstić information content (AvgIpc) is 2.31. The summed E-state index contributed by atoms with van der Waals surface area (Å²) in [5, 5.41) is 3.60. The predicted molar refractivity (Wildman–Crippen MR) is 89.2 cm³/mol. The number of hydrogen-bond acceptors (Lipinski definition) is 3. The van der Waals surface area contributed by atoms with E-state index in [9.17, 15) is 0 Å². The summed E-state index contributed by atoms with van der Waals surface area (Å²) in [4.78, 5) is 5.05. The van der Waals surface area contributed by atoms with E-state index in [-0.39, 0.29) is 0 Å². The molecular weight excluding hydrogens is 266 g/mol. The zero-order valence-electron chi connectivity index (χ0n) is 12.9. The van der Waals surface area contributed by atoms with Crippen LogP contribution in [-0.2, 0) is 0 Å². The van der Waals surface area contributed by atoms with Gasteiger partial charge in [-0.25, -0.2) is 4.98 Å². The van der Waals surface area contributed by atoms with Gasteiger partial charge in [0.25, 0.3) is 0 Å². The Balaban J connectivity index is 2.26. The molecule has 0 radical (unpaired) electrons. The summed E-state index contributed by atoms with van der Waals surface area (Å²) in [7, 11) is 0. The minimum absolute atomic E-state index is 0.425. The van der Waals surface area contributed by atoms with E-state index in [4.69, 9.17) is 18.0 Å². The molecule has 1 saturated carbocycles. The van der Waals surface area contributed by atoms with E-state index in [1.165, 1.54) is 19.3 Å². The fourth-order valence-electron chi connectivity index (χ4n) is 3.31. The van der Waals surface area contributed by atoms with E-state index in [2.05, 4.69) is 24.1 Å². The Morgan fingerprint density at radius 1 is 1.35 bits per heavy atom. The van der Waals surface area contributed by atoms with E-state index < -0.39 is 0 Å². The molecule has 1 aliphatic carbocycles. The second kappa shape index (κ2) is 6.08. The van der Waals surface area contributed by atoms with Gasteiger partial charge in [0.2, 0.25) is 0 Å². The van der Waals surface area contributed by atoms with E-state index in [0.717, 1.165) is 28.6 Å². The van der Waals surface area contributed by atoms with E-state index >= 15 is 0 Å². The van der Waals surface area contributed by atoms with Gasteiger partial charge in [-0.3, -0.25) is 0 Å². The number of thiocarbonyl (C=S) groups is 1. The monoisotopic (exact) mass is 291 g/mol. The Kier molecular flexibility index (Phi) is 4.63. The molecule has 0 amide bonds. The standard InChI is InChI=1S/C16H25N3S/c1-9-5-6-13(10(2)7-9)19-16-14(15(17)20)11(3)8-12(4)18-16/h8-10,13H,5-7H2,1-4H3,(H2,17,20)(H,18,19). The van der Waals surface area contributed by atoms with Crippen LogP contribution in [0.15, 0.2) is 6.07 Å². The molecule has 110 valence electrons. The summed E-state index contributed by atoms with van der Waals surface area (Å²) >= 11 is 5.19. The maximum atomic E-state index is 5.88. The second-order valence-corrected chi connectivity index (χ2v) is 6.75. The largest absolute Gasteiger partial charge is 0.389 e. The smallest absolute Gasteiger partial charge is 0.137 e. The summed E-state index contributed by atoms with van der Waals surface area (Å²) in [6, 6.07) is 2.50. The third kappa shape index (κ3) is 3.29. The van der Waals surface area contributed by atoms with Crippen molar-refractivity contribution >= 4 is 23.0 Å². The molecule has 0 saturated heterocycles. The molecule has 20 heavy (non-hydrogen) atoms. The number of nitrogens with zero attached hydrogens (tertiary/aromatic N) is 1. The first-order chi connectivity index (χ1) is 9.38. The van der Waals surface area contributed by atoms with Crippen molar-refractivity contribution in [2.75, 3.05) is 5.32 Å². The minimum atomic E-state index is 0.425. The first kappa shape index (κ1) is 15.2. The number of nitrogens with one attached hydrogen (secondary N) is 1. The Morgan fingerprint density at radius 3 is 2.65 bits per heavy atom. The van der Waals surface area contributed by atoms with E-state index in [0.29, 0.717) is 16.9 Å². The van der Waals surface area contributed by atoms with Gasteiger partial charge in [0.1, 0.15) is 10.8 Å². The van der Waals surface area contributed by atoms with Gasteiger partial charge in [0.15, 0.2) is 0 Å². The van der Waals surface area contributed by atoms with Crippen molar-refractivity contribution in [1.29, 1.82) is 0 Å². The fourth-order valence-corrected chi connectivity index (χ4v) is 3.57. The Bertz CT molecular complexity index is 513. The Labute approximate surface area is 127 Å². The Hall–Kier alpha value is -1.16. The van der Waals surface area contributed by atoms with Crippen molar-refractivity contribution in [1.82, 2.24) is 4.98 Å². The number of aryl methyl sites for hydroxylation is 2. The molecule has 1 aromatic heterocycles. The van der Waals surface area contributed by atoms with Crippen molar-refractivity contribution in [3.05, 3.63) is 22.9 Å². The summed E-state index contributed by atoms with van der Waals surface area (Å²) in [6.45, 7) is 8.70. The number of anilines is 1. The van der Waals surface area contributed by atoms with Gasteiger partial charge in [-0.2, -0.15) is 0 Å². The average molecular weight is 291 g/mol. The summed E-state index contributed by atoms with van der Waals surface area (Å²) in [5.74, 6) is 2.34. The van der Waals surface area contributed by atoms with Gasteiger partial charge >= 0.3 is 0 Å². The van der Waals surface area contributed by atoms with Crippen LogP contribution in [0.5, 0.6) is 0 Å². The molecular formula is C16H25N3S. The van der Waals surface area contributed by atoms with Gasteiger partial charge in [0.05, 0.1) is 5.56 Å². The summed E-state index contributed by atoms with van der Waals surface area (Å²) in [5.41, 5.74) is 8.88. The summed E-state index contributed by atoms with van der Waals surface area (Å²) < 4.78 is 0. The number of nitrogens with two attached hydrogens (primary N) is 1. The van der Waals surface area contributed by atoms with E-state index in [1.54, 1.807) is 0 Å². The molecule has 3 unspecified atom stereocenters. The topological polar surface area (TPSA) is 50.9 Å². The van der Waals surface area contributed by atoms with Crippen LogP contribution >= 0.6 is 12.2 Å². The fraction of sp³-hybridized carbons (Fsp3) is 0.625. The highest BCUT2D eigenvalue weighted by atomic mass is 32.1. The lowest BCUT2D eigenvalue weighted by Gasteiger charge is -2.34. The van der Waals surface area contributed by atoms with Crippen LogP contribution in [-0.4, -0.2) is 16.0 Å². The number of rotatable bonds is 3. The quantitative estimate of drug-likeness (QED) is 0.836. The minimum Gasteiger partial charge on any atom is -0.389 e. The molecule has 0 aromatic carbocycles. The van der Waals surface area contributed by atoms with Crippen LogP contribution in [0.2, 0.25) is 0 Å². The van der Waals surface area contributed by atoms with Crippen LogP contribution in [0.4, 0.5) is 5.82 Å². The van der Waals surface area contributed by atoms with Crippen LogP contribution in [0.1, 0.15) is 49.9 Å². The lowest BCUT2D eigenvalue weighted by Crippen LogP contribution is -2.34. The first-order valence-electron chi connectivity index (χ1n) is 7.43. The molecule has 0 aliphatic heterocycles. The molecule has 1 heterocycles. The number of pyridine rings is 1. The third-order valence-electron chi connectivity index (χ3n) is 4.34. The normalized spacial score (nSPS) is 26.3. The first-order valence-corrected chi connectivity index (χ1v) is 7.84. The molecule has 3 N–H and O–H groups in total. The van der Waals surface area contributed by atoms with Crippen molar-refractivity contribution in [3.8, 4) is 0 Å². The zero-order valence-corrected chi connectivity index (χ0v) is 13.7. The molecule has 4 heteroatoms. The highest BCUT2D eigenvalue weighted by Crippen LogP contribution is 2.31. The highest BCUT2D eigenvalue weighted by molar-refractivity contribution is 7.80. The van der Waals surface area contributed by atoms with Crippen molar-refractivity contribution in [2.45, 2.75) is 53.0 Å². The lowest BCUT2D eigenvalue weighted by atomic mass is 9.80.